The van der Waals surface area contributed by atoms with E-state index in [1.807, 2.05) is 6.92 Å². The zero-order valence-corrected chi connectivity index (χ0v) is 18.9. The molecule has 184 valence electrons. The molecule has 0 saturated carbocycles. The Hall–Kier alpha value is -3.67. The molecular weight excluding hydrogens is 467 g/mol. The van der Waals surface area contributed by atoms with E-state index in [2.05, 4.69) is 20.3 Å². The van der Waals surface area contributed by atoms with E-state index >= 15 is 0 Å². The molecule has 35 heavy (non-hydrogen) atoms. The van der Waals surface area contributed by atoms with Crippen molar-refractivity contribution in [1.82, 2.24) is 15.0 Å². The van der Waals surface area contributed by atoms with E-state index in [0.717, 1.165) is 6.07 Å². The van der Waals surface area contributed by atoms with Crippen LogP contribution in [-0.4, -0.2) is 53.3 Å². The lowest BCUT2D eigenvalue weighted by molar-refractivity contribution is -0.139. The van der Waals surface area contributed by atoms with Crippen molar-refractivity contribution >= 4 is 28.4 Å². The molecule has 2 aliphatic heterocycles. The van der Waals surface area contributed by atoms with Gasteiger partial charge in [0.25, 0.3) is 5.91 Å². The number of para-hydroxylation sites is 1. The van der Waals surface area contributed by atoms with Crippen molar-refractivity contribution in [2.75, 3.05) is 36.6 Å². The number of pyridine rings is 1. The molecule has 0 radical (unpaired) electrons. The summed E-state index contributed by atoms with van der Waals surface area (Å²) in [6.45, 7) is 3.67. The largest absolute Gasteiger partial charge is 0.489 e. The van der Waals surface area contributed by atoms with Crippen molar-refractivity contribution in [1.29, 1.82) is 0 Å². The Balaban J connectivity index is 1.59. The Kier molecular flexibility index (Phi) is 5.83. The Labute approximate surface area is 198 Å². The molecule has 1 aromatic carbocycles. The first-order valence-electron chi connectivity index (χ1n) is 11.0. The van der Waals surface area contributed by atoms with Gasteiger partial charge in [-0.1, -0.05) is 12.1 Å². The third kappa shape index (κ3) is 4.53. The fourth-order valence-electron chi connectivity index (χ4n) is 4.09. The smallest absolute Gasteiger partial charge is 0.419 e. The number of fused-ring (bicyclic) bond motifs is 5. The highest BCUT2D eigenvalue weighted by atomic mass is 19.4. The molecule has 1 N–H and O–H groups in total. The maximum absolute atomic E-state index is 13.7. The first-order valence-corrected chi connectivity index (χ1v) is 11.0. The van der Waals surface area contributed by atoms with Crippen LogP contribution in [-0.2, 0) is 15.7 Å². The second-order valence-corrected chi connectivity index (χ2v) is 8.33. The summed E-state index contributed by atoms with van der Waals surface area (Å²) >= 11 is 0. The molecule has 2 aliphatic rings. The van der Waals surface area contributed by atoms with Gasteiger partial charge in [0, 0.05) is 10.9 Å². The highest BCUT2D eigenvalue weighted by Crippen LogP contribution is 2.41. The minimum absolute atomic E-state index is 0.0309. The monoisotopic (exact) mass is 489 g/mol. The zero-order valence-electron chi connectivity index (χ0n) is 18.9. The number of hydrogen-bond acceptors (Lipinski definition) is 8. The standard InChI is InChI=1S/C23H22F3N5O4/c1-12-10-31(19(32)11-35-12)18-8-15-17(9-27-18)29-22-30-21(15)28-13(2)14-4-3-5-16(23(24,25)26)20(14)33-6-7-34-22/h3-5,8-9,12-13H,6-7,10-11H2,1-2H3,(H,28,29,30)/t12-,13+/m0/s1. The number of aromatic nitrogens is 3. The van der Waals surface area contributed by atoms with Gasteiger partial charge in [0.1, 0.15) is 37.2 Å². The van der Waals surface area contributed by atoms with E-state index in [9.17, 15) is 18.0 Å². The van der Waals surface area contributed by atoms with Gasteiger partial charge in [-0.2, -0.15) is 23.1 Å². The van der Waals surface area contributed by atoms with E-state index in [0.29, 0.717) is 34.6 Å². The van der Waals surface area contributed by atoms with Crippen molar-refractivity contribution in [2.45, 2.75) is 32.2 Å². The van der Waals surface area contributed by atoms with Crippen LogP contribution in [0.1, 0.15) is 31.0 Å². The molecule has 12 heteroatoms. The van der Waals surface area contributed by atoms with Crippen LogP contribution in [0.5, 0.6) is 11.8 Å². The lowest BCUT2D eigenvalue weighted by Gasteiger charge is -2.30. The average Bonchev–Trinajstić information content (AvgIpc) is 2.84. The SMILES string of the molecule is C[C@H]1CN(c2cc3c4nc(nc3cn2)OCCOc2c(cccc2C(F)(F)F)[C@@H](C)N4)C(=O)CO1. The van der Waals surface area contributed by atoms with E-state index in [-0.39, 0.29) is 43.6 Å². The molecule has 0 unspecified atom stereocenters. The summed E-state index contributed by atoms with van der Waals surface area (Å²) in [5, 5.41) is 3.71. The molecule has 3 aromatic rings. The number of hydrogen-bond donors (Lipinski definition) is 1. The minimum Gasteiger partial charge on any atom is -0.489 e. The lowest BCUT2D eigenvalue weighted by Crippen LogP contribution is -2.46. The molecule has 2 atom stereocenters. The van der Waals surface area contributed by atoms with E-state index in [1.54, 1.807) is 19.1 Å². The maximum atomic E-state index is 13.7. The molecule has 1 fully saturated rings. The minimum atomic E-state index is -4.58. The summed E-state index contributed by atoms with van der Waals surface area (Å²) in [5.74, 6) is 0.250. The fraction of sp³-hybridized carbons (Fsp3) is 0.391. The normalized spacial score (nSPS) is 20.8. The fourth-order valence-corrected chi connectivity index (χ4v) is 4.09. The molecule has 4 heterocycles. The number of rotatable bonds is 1. The Morgan fingerprint density at radius 3 is 2.74 bits per heavy atom. The summed E-state index contributed by atoms with van der Waals surface area (Å²) in [7, 11) is 0. The van der Waals surface area contributed by atoms with Gasteiger partial charge in [0.15, 0.2) is 0 Å². The number of nitrogens with zero attached hydrogens (tertiary/aromatic N) is 4. The third-order valence-corrected chi connectivity index (χ3v) is 5.79. The van der Waals surface area contributed by atoms with Gasteiger partial charge in [-0.25, -0.2) is 4.98 Å². The van der Waals surface area contributed by atoms with Crippen molar-refractivity contribution in [3.8, 4) is 11.8 Å². The number of amides is 1. The number of nitrogens with one attached hydrogen (secondary N) is 1. The number of carbonyl (C=O) groups is 1. The second kappa shape index (κ2) is 8.84. The van der Waals surface area contributed by atoms with Gasteiger partial charge in [0.05, 0.1) is 36.0 Å². The highest BCUT2D eigenvalue weighted by Gasteiger charge is 2.36. The molecule has 9 nitrogen and oxygen atoms in total. The quantitative estimate of drug-likeness (QED) is 0.552. The average molecular weight is 489 g/mol. The number of halogens is 3. The van der Waals surface area contributed by atoms with Gasteiger partial charge < -0.3 is 19.5 Å². The van der Waals surface area contributed by atoms with Crippen molar-refractivity contribution in [3.05, 3.63) is 41.6 Å². The van der Waals surface area contributed by atoms with Crippen LogP contribution < -0.4 is 19.7 Å². The Morgan fingerprint density at radius 2 is 1.94 bits per heavy atom. The number of alkyl halides is 3. The van der Waals surface area contributed by atoms with Crippen molar-refractivity contribution < 1.29 is 32.2 Å². The molecule has 0 spiro atoms. The summed E-state index contributed by atoms with van der Waals surface area (Å²) in [5.41, 5.74) is -0.0925. The molecule has 5 rings (SSSR count). The van der Waals surface area contributed by atoms with Crippen LogP contribution in [0.15, 0.2) is 30.5 Å². The van der Waals surface area contributed by atoms with Crippen molar-refractivity contribution in [2.24, 2.45) is 0 Å². The number of anilines is 2. The number of carbonyl (C=O) groups excluding carboxylic acids is 1. The van der Waals surface area contributed by atoms with E-state index < -0.39 is 17.8 Å². The topological polar surface area (TPSA) is 98.7 Å². The van der Waals surface area contributed by atoms with Crippen molar-refractivity contribution in [3.63, 3.8) is 0 Å². The van der Waals surface area contributed by atoms with E-state index in [4.69, 9.17) is 14.2 Å². The molecule has 1 saturated heterocycles. The lowest BCUT2D eigenvalue weighted by atomic mass is 10.0. The van der Waals surface area contributed by atoms with E-state index in [1.165, 1.54) is 17.2 Å². The van der Waals surface area contributed by atoms with Crippen LogP contribution in [0.2, 0.25) is 0 Å². The predicted octanol–water partition coefficient (Wildman–Crippen LogP) is 3.74. The van der Waals surface area contributed by atoms with Crippen LogP contribution >= 0.6 is 0 Å². The van der Waals surface area contributed by atoms with Gasteiger partial charge >= 0.3 is 12.2 Å². The first kappa shape index (κ1) is 23.1. The van der Waals surface area contributed by atoms with Crippen LogP contribution in [0.4, 0.5) is 24.8 Å². The molecule has 1 amide bonds. The number of morpholine rings is 1. The Morgan fingerprint density at radius 1 is 1.14 bits per heavy atom. The van der Waals surface area contributed by atoms with Gasteiger partial charge in [-0.3, -0.25) is 9.69 Å². The summed E-state index contributed by atoms with van der Waals surface area (Å²) < 4.78 is 57.5. The Bertz CT molecular complexity index is 1290. The third-order valence-electron chi connectivity index (χ3n) is 5.79. The predicted molar refractivity (Wildman–Crippen MR) is 120 cm³/mol. The number of benzene rings is 1. The molecular formula is C23H22F3N5O4. The summed E-state index contributed by atoms with van der Waals surface area (Å²) in [6, 6.07) is 5.00. The zero-order chi connectivity index (χ0) is 24.7. The molecule has 0 aliphatic carbocycles. The molecule has 2 bridgehead atoms. The summed E-state index contributed by atoms with van der Waals surface area (Å²) in [6.07, 6.45) is -3.23. The second-order valence-electron chi connectivity index (χ2n) is 8.33. The maximum Gasteiger partial charge on any atom is 0.419 e. The van der Waals surface area contributed by atoms with Gasteiger partial charge in [0.2, 0.25) is 0 Å². The number of ether oxygens (including phenoxy) is 3. The highest BCUT2D eigenvalue weighted by molar-refractivity contribution is 5.97. The van der Waals surface area contributed by atoms with Crippen LogP contribution in [0, 0.1) is 0 Å². The van der Waals surface area contributed by atoms with Crippen LogP contribution in [0.3, 0.4) is 0 Å². The van der Waals surface area contributed by atoms with Crippen LogP contribution in [0.25, 0.3) is 10.9 Å². The summed E-state index contributed by atoms with van der Waals surface area (Å²) in [4.78, 5) is 27.1. The van der Waals surface area contributed by atoms with Gasteiger partial charge in [-0.05, 0) is 26.0 Å². The first-order chi connectivity index (χ1) is 16.7. The molecule has 2 aromatic heterocycles. The van der Waals surface area contributed by atoms with Gasteiger partial charge in [-0.15, -0.1) is 0 Å².